The molecule has 1 aromatic rings. The third-order valence-electron chi connectivity index (χ3n) is 4.08. The van der Waals surface area contributed by atoms with Crippen molar-refractivity contribution in [3.8, 4) is 0 Å². The van der Waals surface area contributed by atoms with E-state index in [2.05, 4.69) is 9.51 Å². The van der Waals surface area contributed by atoms with Crippen LogP contribution in [0.3, 0.4) is 0 Å². The molecule has 13 heteroatoms. The van der Waals surface area contributed by atoms with Crippen molar-refractivity contribution in [3.05, 3.63) is 32.6 Å². The van der Waals surface area contributed by atoms with Crippen molar-refractivity contribution in [1.82, 2.24) is 9.55 Å². The number of phosphoric acid groups is 1. The highest BCUT2D eigenvalue weighted by Gasteiger charge is 2.37. The van der Waals surface area contributed by atoms with E-state index < -0.39 is 50.2 Å². The van der Waals surface area contributed by atoms with Crippen molar-refractivity contribution in [2.24, 2.45) is 0 Å². The van der Waals surface area contributed by atoms with Crippen LogP contribution in [-0.4, -0.2) is 61.4 Å². The summed E-state index contributed by atoms with van der Waals surface area (Å²) >= 11 is 1.63. The van der Waals surface area contributed by atoms with Gasteiger partial charge in [-0.3, -0.25) is 18.9 Å². The van der Waals surface area contributed by atoms with Crippen LogP contribution in [0, 0.1) is 0 Å². The lowest BCUT2D eigenvalue weighted by Crippen LogP contribution is -2.36. The summed E-state index contributed by atoms with van der Waals surface area (Å²) in [5.41, 5.74) is -0.973. The molecular weight excluding hydrogens is 391 g/mol. The molecule has 146 valence electrons. The van der Waals surface area contributed by atoms with E-state index >= 15 is 0 Å². The molecule has 2 fully saturated rings. The molecule has 4 atom stereocenters. The number of nitrogens with one attached hydrogen (secondary N) is 1. The molecule has 2 aliphatic rings. The third kappa shape index (κ3) is 4.65. The minimum atomic E-state index is -4.70. The Bertz CT molecular complexity index is 800. The highest BCUT2D eigenvalue weighted by Crippen LogP contribution is 2.38. The van der Waals surface area contributed by atoms with Gasteiger partial charge < -0.3 is 24.4 Å². The van der Waals surface area contributed by atoms with Crippen LogP contribution in [-0.2, 0) is 18.6 Å². The first kappa shape index (κ1) is 19.8. The number of H-pyrrole nitrogens is 1. The van der Waals surface area contributed by atoms with Crippen molar-refractivity contribution in [1.29, 1.82) is 0 Å². The first-order chi connectivity index (χ1) is 12.2. The Balaban J connectivity index is 1.79. The fraction of sp³-hybridized carbons (Fsp3) is 0.692. The molecular formula is C13H19N2O9PS. The Morgan fingerprint density at radius 3 is 2.85 bits per heavy atom. The number of nitrogens with zero attached hydrogens (tertiary/aromatic N) is 1. The summed E-state index contributed by atoms with van der Waals surface area (Å²) in [6, 6.07) is 0. The second-order valence-electron chi connectivity index (χ2n) is 5.90. The van der Waals surface area contributed by atoms with E-state index in [0.717, 1.165) is 10.3 Å². The summed E-state index contributed by atoms with van der Waals surface area (Å²) in [5, 5.41) is 10.0. The number of hydrogen-bond acceptors (Lipinski definition) is 8. The zero-order valence-electron chi connectivity index (χ0n) is 13.5. The second kappa shape index (κ2) is 7.95. The summed E-state index contributed by atoms with van der Waals surface area (Å²) in [4.78, 5) is 43.9. The molecule has 0 aliphatic carbocycles. The van der Waals surface area contributed by atoms with Gasteiger partial charge >= 0.3 is 13.5 Å². The normalized spacial score (nSPS) is 29.8. The van der Waals surface area contributed by atoms with Crippen LogP contribution in [0.4, 0.5) is 0 Å². The van der Waals surface area contributed by atoms with Crippen molar-refractivity contribution in [2.45, 2.75) is 31.0 Å². The van der Waals surface area contributed by atoms with Gasteiger partial charge in [-0.1, -0.05) is 0 Å². The molecule has 4 N–H and O–H groups in total. The van der Waals surface area contributed by atoms with E-state index in [1.54, 1.807) is 11.8 Å². The lowest BCUT2D eigenvalue weighted by atomic mass is 10.2. The summed E-state index contributed by atoms with van der Waals surface area (Å²) in [5.74, 6) is 1.40. The quantitative estimate of drug-likeness (QED) is 0.448. The van der Waals surface area contributed by atoms with Gasteiger partial charge in [0.05, 0.1) is 31.0 Å². The van der Waals surface area contributed by atoms with Crippen LogP contribution in [0.1, 0.15) is 24.3 Å². The minimum absolute atomic E-state index is 0.000843. The second-order valence-corrected chi connectivity index (χ2v) is 8.29. The maximum atomic E-state index is 12.1. The molecule has 0 amide bonds. The van der Waals surface area contributed by atoms with Crippen molar-refractivity contribution >= 4 is 19.6 Å². The van der Waals surface area contributed by atoms with E-state index in [1.165, 1.54) is 6.20 Å². The maximum absolute atomic E-state index is 12.1. The minimum Gasteiger partial charge on any atom is -0.390 e. The highest BCUT2D eigenvalue weighted by atomic mass is 32.2. The Morgan fingerprint density at radius 2 is 2.19 bits per heavy atom. The van der Waals surface area contributed by atoms with E-state index in [9.17, 15) is 19.3 Å². The van der Waals surface area contributed by atoms with Crippen molar-refractivity contribution in [2.75, 3.05) is 24.7 Å². The monoisotopic (exact) mass is 410 g/mol. The van der Waals surface area contributed by atoms with Gasteiger partial charge in [-0.25, -0.2) is 9.36 Å². The van der Waals surface area contributed by atoms with Crippen LogP contribution < -0.4 is 11.2 Å². The molecule has 3 heterocycles. The van der Waals surface area contributed by atoms with Gasteiger partial charge in [-0.05, 0) is 0 Å². The van der Waals surface area contributed by atoms with E-state index in [-0.39, 0.29) is 12.0 Å². The van der Waals surface area contributed by atoms with Gasteiger partial charge in [0.15, 0.2) is 0 Å². The van der Waals surface area contributed by atoms with Gasteiger partial charge in [0.1, 0.15) is 12.3 Å². The molecule has 0 saturated carbocycles. The van der Waals surface area contributed by atoms with Crippen LogP contribution in [0.15, 0.2) is 15.8 Å². The first-order valence-electron chi connectivity index (χ1n) is 7.83. The molecule has 2 saturated heterocycles. The number of phosphoric ester groups is 1. The fourth-order valence-corrected chi connectivity index (χ4v) is 4.03. The van der Waals surface area contributed by atoms with Gasteiger partial charge in [0.2, 0.25) is 0 Å². The molecule has 0 bridgehead atoms. The zero-order chi connectivity index (χ0) is 18.9. The van der Waals surface area contributed by atoms with E-state index in [1.807, 2.05) is 0 Å². The average Bonchev–Trinajstić information content (AvgIpc) is 2.94. The van der Waals surface area contributed by atoms with E-state index in [4.69, 9.17) is 19.3 Å². The predicted molar refractivity (Wildman–Crippen MR) is 89.9 cm³/mol. The number of aromatic amines is 1. The van der Waals surface area contributed by atoms with Crippen LogP contribution >= 0.6 is 19.6 Å². The summed E-state index contributed by atoms with van der Waals surface area (Å²) in [7, 11) is -4.70. The summed E-state index contributed by atoms with van der Waals surface area (Å²) in [6.45, 7) is -0.0381. The van der Waals surface area contributed by atoms with Crippen LogP contribution in [0.2, 0.25) is 0 Å². The van der Waals surface area contributed by atoms with Gasteiger partial charge in [0, 0.05) is 24.1 Å². The number of aliphatic hydroxyl groups is 1. The number of ether oxygens (including phenoxy) is 2. The fourth-order valence-electron chi connectivity index (χ4n) is 2.82. The first-order valence-corrected chi connectivity index (χ1v) is 10.5. The number of hydrogen-bond donors (Lipinski definition) is 4. The summed E-state index contributed by atoms with van der Waals surface area (Å²) < 4.78 is 27.3. The third-order valence-corrected chi connectivity index (χ3v) is 5.56. The smallest absolute Gasteiger partial charge is 0.390 e. The van der Waals surface area contributed by atoms with Crippen molar-refractivity contribution in [3.63, 3.8) is 0 Å². The Kier molecular flexibility index (Phi) is 6.04. The van der Waals surface area contributed by atoms with E-state index in [0.29, 0.717) is 12.4 Å². The molecule has 2 aliphatic heterocycles. The lowest BCUT2D eigenvalue weighted by molar-refractivity contribution is -0.0454. The highest BCUT2D eigenvalue weighted by molar-refractivity contribution is 7.99. The molecule has 0 aromatic carbocycles. The van der Waals surface area contributed by atoms with Gasteiger partial charge in [-0.15, -0.1) is 0 Å². The zero-order valence-corrected chi connectivity index (χ0v) is 15.2. The molecule has 3 rings (SSSR count). The maximum Gasteiger partial charge on any atom is 0.469 e. The molecule has 0 radical (unpaired) electrons. The molecule has 0 spiro atoms. The van der Waals surface area contributed by atoms with Gasteiger partial charge in [-0.2, -0.15) is 11.8 Å². The predicted octanol–water partition coefficient (Wildman–Crippen LogP) is -0.901. The number of thioether (sulfide) groups is 1. The summed E-state index contributed by atoms with van der Waals surface area (Å²) in [6.07, 6.45) is -2.12. The Hall–Kier alpha value is -0.980. The van der Waals surface area contributed by atoms with Gasteiger partial charge in [0.25, 0.3) is 5.56 Å². The van der Waals surface area contributed by atoms with Crippen LogP contribution in [0.25, 0.3) is 0 Å². The Labute approximate surface area is 151 Å². The standard InChI is InChI=1S/C13H19N2O9PS/c16-8-3-11(24-9(8)5-23-25(19,20)21)15-4-7(12(17)14-13(15)18)10-6-26-2-1-22-10/h4,8-11,16H,1-3,5-6H2,(H,14,17,18)(H2,19,20,21)/t8-,9+,10?,11+/m0/s1. The number of rotatable bonds is 5. The van der Waals surface area contributed by atoms with Crippen LogP contribution in [0.5, 0.6) is 0 Å². The number of aliphatic hydroxyl groups excluding tert-OH is 1. The lowest BCUT2D eigenvalue weighted by Gasteiger charge is -2.23. The Morgan fingerprint density at radius 1 is 1.42 bits per heavy atom. The molecule has 11 nitrogen and oxygen atoms in total. The molecule has 1 aromatic heterocycles. The van der Waals surface area contributed by atoms with Crippen molar-refractivity contribution < 1.29 is 33.5 Å². The number of aromatic nitrogens is 2. The molecule has 1 unspecified atom stereocenters. The topological polar surface area (TPSA) is 160 Å². The SMILES string of the molecule is O=c1[nH]c(=O)n([C@H]2C[C@H](O)[C@@H](COP(=O)(O)O)O2)cc1C1CSCCO1. The largest absolute Gasteiger partial charge is 0.469 e. The average molecular weight is 410 g/mol. The molecule has 26 heavy (non-hydrogen) atoms.